The summed E-state index contributed by atoms with van der Waals surface area (Å²) in [6.07, 6.45) is 1.07. The molecule has 0 fully saturated rings. The predicted molar refractivity (Wildman–Crippen MR) is 87.5 cm³/mol. The maximum atomic E-state index is 5.14. The summed E-state index contributed by atoms with van der Waals surface area (Å²) in [5.41, 5.74) is 1.29. The van der Waals surface area contributed by atoms with Crippen LogP contribution in [0.4, 0.5) is 5.82 Å². The fourth-order valence-electron chi connectivity index (χ4n) is 1.82. The molecule has 0 aliphatic heterocycles. The number of methoxy groups -OCH3 is 1. The summed E-state index contributed by atoms with van der Waals surface area (Å²) in [7, 11) is 1.66. The second kappa shape index (κ2) is 8.64. The zero-order valence-corrected chi connectivity index (χ0v) is 13.3. The first-order chi connectivity index (χ1) is 10.3. The molecule has 112 valence electrons. The Balaban J connectivity index is 2.07. The summed E-state index contributed by atoms with van der Waals surface area (Å²) in [6, 6.07) is 12.4. The van der Waals surface area contributed by atoms with Gasteiger partial charge in [0.1, 0.15) is 17.5 Å². The summed E-state index contributed by atoms with van der Waals surface area (Å²) < 4.78 is 5.14. The Morgan fingerprint density at radius 2 is 2.00 bits per heavy atom. The third-order valence-electron chi connectivity index (χ3n) is 2.81. The van der Waals surface area contributed by atoms with E-state index in [0.717, 1.165) is 29.6 Å². The van der Waals surface area contributed by atoms with Gasteiger partial charge in [0.2, 0.25) is 0 Å². The second-order valence-electron chi connectivity index (χ2n) is 4.64. The fourth-order valence-corrected chi connectivity index (χ4v) is 2.69. The van der Waals surface area contributed by atoms with Gasteiger partial charge in [-0.05, 0) is 12.0 Å². The normalized spacial score (nSPS) is 10.6. The summed E-state index contributed by atoms with van der Waals surface area (Å²) in [4.78, 5) is 8.99. The standard InChI is InChI=1S/C16H21N3OS/c1-3-9-17-14-10-16(19-15(18-14)11-20-2)21-12-13-7-5-4-6-8-13/h4-8,10H,3,9,11-12H2,1-2H3,(H,17,18,19). The molecule has 0 amide bonds. The largest absolute Gasteiger partial charge is 0.377 e. The van der Waals surface area contributed by atoms with Crippen molar-refractivity contribution in [2.75, 3.05) is 19.0 Å². The first kappa shape index (κ1) is 15.8. The maximum Gasteiger partial charge on any atom is 0.157 e. The van der Waals surface area contributed by atoms with Crippen LogP contribution in [-0.2, 0) is 17.1 Å². The number of hydrogen-bond donors (Lipinski definition) is 1. The molecule has 0 saturated heterocycles. The van der Waals surface area contributed by atoms with Crippen LogP contribution in [0.2, 0.25) is 0 Å². The Morgan fingerprint density at radius 3 is 2.71 bits per heavy atom. The average molecular weight is 303 g/mol. The smallest absolute Gasteiger partial charge is 0.157 e. The summed E-state index contributed by atoms with van der Waals surface area (Å²) in [6.45, 7) is 3.47. The lowest BCUT2D eigenvalue weighted by Gasteiger charge is -2.09. The van der Waals surface area contributed by atoms with Gasteiger partial charge >= 0.3 is 0 Å². The van der Waals surface area contributed by atoms with Crippen molar-refractivity contribution >= 4 is 17.6 Å². The van der Waals surface area contributed by atoms with Gasteiger partial charge in [0.15, 0.2) is 5.82 Å². The van der Waals surface area contributed by atoms with Crippen LogP contribution in [0.1, 0.15) is 24.7 Å². The van der Waals surface area contributed by atoms with E-state index in [9.17, 15) is 0 Å². The monoisotopic (exact) mass is 303 g/mol. The number of hydrogen-bond acceptors (Lipinski definition) is 5. The summed E-state index contributed by atoms with van der Waals surface area (Å²) in [5, 5.41) is 4.28. The highest BCUT2D eigenvalue weighted by Gasteiger charge is 2.05. The number of aromatic nitrogens is 2. The van der Waals surface area contributed by atoms with Gasteiger partial charge in [0, 0.05) is 25.5 Å². The molecule has 0 radical (unpaired) electrons. The molecule has 1 heterocycles. The lowest BCUT2D eigenvalue weighted by molar-refractivity contribution is 0.177. The maximum absolute atomic E-state index is 5.14. The van der Waals surface area contributed by atoms with Crippen LogP contribution >= 0.6 is 11.8 Å². The van der Waals surface area contributed by atoms with E-state index in [0.29, 0.717) is 12.4 Å². The molecule has 21 heavy (non-hydrogen) atoms. The lowest BCUT2D eigenvalue weighted by atomic mass is 10.2. The van der Waals surface area contributed by atoms with Gasteiger partial charge in [-0.3, -0.25) is 0 Å². The highest BCUT2D eigenvalue weighted by atomic mass is 32.2. The number of ether oxygens (including phenoxy) is 1. The number of benzene rings is 1. The first-order valence-electron chi connectivity index (χ1n) is 7.09. The minimum Gasteiger partial charge on any atom is -0.377 e. The predicted octanol–water partition coefficient (Wildman–Crippen LogP) is 3.74. The van der Waals surface area contributed by atoms with E-state index in [4.69, 9.17) is 4.74 Å². The number of anilines is 1. The average Bonchev–Trinajstić information content (AvgIpc) is 2.52. The van der Waals surface area contributed by atoms with Gasteiger partial charge in [-0.15, -0.1) is 11.8 Å². The summed E-state index contributed by atoms with van der Waals surface area (Å²) >= 11 is 1.71. The van der Waals surface area contributed by atoms with Gasteiger partial charge in [-0.1, -0.05) is 37.3 Å². The molecule has 1 aromatic heterocycles. The summed E-state index contributed by atoms with van der Waals surface area (Å²) in [5.74, 6) is 2.49. The molecular weight excluding hydrogens is 282 g/mol. The van der Waals surface area contributed by atoms with E-state index < -0.39 is 0 Å². The molecule has 2 aromatic rings. The highest BCUT2D eigenvalue weighted by molar-refractivity contribution is 7.98. The Morgan fingerprint density at radius 1 is 1.19 bits per heavy atom. The quantitative estimate of drug-likeness (QED) is 0.594. The SMILES string of the molecule is CCCNc1cc(SCc2ccccc2)nc(COC)n1. The van der Waals surface area contributed by atoms with Crippen LogP contribution in [-0.4, -0.2) is 23.6 Å². The van der Waals surface area contributed by atoms with Crippen LogP contribution in [0.5, 0.6) is 0 Å². The Hall–Kier alpha value is -1.59. The third-order valence-corrected chi connectivity index (χ3v) is 3.79. The van der Waals surface area contributed by atoms with E-state index in [2.05, 4.69) is 46.5 Å². The number of nitrogens with zero attached hydrogens (tertiary/aromatic N) is 2. The molecule has 4 nitrogen and oxygen atoms in total. The molecule has 1 N–H and O–H groups in total. The molecule has 0 spiro atoms. The van der Waals surface area contributed by atoms with Gasteiger partial charge < -0.3 is 10.1 Å². The number of rotatable bonds is 8. The van der Waals surface area contributed by atoms with Crippen LogP contribution in [0.15, 0.2) is 41.4 Å². The van der Waals surface area contributed by atoms with Crippen molar-refractivity contribution in [1.29, 1.82) is 0 Å². The molecule has 2 rings (SSSR count). The van der Waals surface area contributed by atoms with Crippen molar-refractivity contribution in [3.8, 4) is 0 Å². The van der Waals surface area contributed by atoms with Gasteiger partial charge in [0.05, 0.1) is 0 Å². The fraction of sp³-hybridized carbons (Fsp3) is 0.375. The van der Waals surface area contributed by atoms with E-state index in [1.165, 1.54) is 5.56 Å². The van der Waals surface area contributed by atoms with Crippen molar-refractivity contribution in [3.63, 3.8) is 0 Å². The van der Waals surface area contributed by atoms with E-state index in [-0.39, 0.29) is 0 Å². The lowest BCUT2D eigenvalue weighted by Crippen LogP contribution is -2.06. The van der Waals surface area contributed by atoms with Gasteiger partial charge in [-0.25, -0.2) is 9.97 Å². The molecule has 0 aliphatic rings. The Kier molecular flexibility index (Phi) is 6.50. The van der Waals surface area contributed by atoms with E-state index in [1.54, 1.807) is 18.9 Å². The van der Waals surface area contributed by atoms with Crippen molar-refractivity contribution in [3.05, 3.63) is 47.8 Å². The van der Waals surface area contributed by atoms with Crippen molar-refractivity contribution in [1.82, 2.24) is 9.97 Å². The Bertz CT molecular complexity index is 548. The number of thioether (sulfide) groups is 1. The van der Waals surface area contributed by atoms with Crippen LogP contribution in [0, 0.1) is 0 Å². The third kappa shape index (κ3) is 5.36. The first-order valence-corrected chi connectivity index (χ1v) is 8.08. The number of nitrogens with one attached hydrogen (secondary N) is 1. The highest BCUT2D eigenvalue weighted by Crippen LogP contribution is 2.23. The minimum atomic E-state index is 0.431. The molecule has 5 heteroatoms. The van der Waals surface area contributed by atoms with E-state index >= 15 is 0 Å². The topological polar surface area (TPSA) is 47.0 Å². The zero-order chi connectivity index (χ0) is 14.9. The molecule has 1 aromatic carbocycles. The molecule has 0 bridgehead atoms. The van der Waals surface area contributed by atoms with Crippen LogP contribution in [0.25, 0.3) is 0 Å². The molecular formula is C16H21N3OS. The molecule has 0 atom stereocenters. The molecule has 0 unspecified atom stereocenters. The van der Waals surface area contributed by atoms with Crippen molar-refractivity contribution in [2.24, 2.45) is 0 Å². The second-order valence-corrected chi connectivity index (χ2v) is 5.64. The van der Waals surface area contributed by atoms with Gasteiger partial charge in [0.25, 0.3) is 0 Å². The van der Waals surface area contributed by atoms with Crippen LogP contribution in [0.3, 0.4) is 0 Å². The minimum absolute atomic E-state index is 0.431. The van der Waals surface area contributed by atoms with Gasteiger partial charge in [-0.2, -0.15) is 0 Å². The molecule has 0 aliphatic carbocycles. The van der Waals surface area contributed by atoms with Crippen molar-refractivity contribution < 1.29 is 4.74 Å². The Labute approximate surface area is 130 Å². The van der Waals surface area contributed by atoms with Crippen molar-refractivity contribution in [2.45, 2.75) is 30.7 Å². The molecule has 0 saturated carbocycles. The zero-order valence-electron chi connectivity index (χ0n) is 12.5. The van der Waals surface area contributed by atoms with Crippen LogP contribution < -0.4 is 5.32 Å². The van der Waals surface area contributed by atoms with E-state index in [1.807, 2.05) is 12.1 Å².